The monoisotopic (exact) mass is 342 g/mol. The summed E-state index contributed by atoms with van der Waals surface area (Å²) < 4.78 is 0. The van der Waals surface area contributed by atoms with E-state index >= 15 is 0 Å². The van der Waals surface area contributed by atoms with Gasteiger partial charge in [0, 0.05) is 11.8 Å². The van der Waals surface area contributed by atoms with Crippen LogP contribution in [0.3, 0.4) is 0 Å². The zero-order chi connectivity index (χ0) is 17.0. The summed E-state index contributed by atoms with van der Waals surface area (Å²) >= 11 is 0. The predicted octanol–water partition coefficient (Wildman–Crippen LogP) is 4.60. The fraction of sp³-hybridized carbons (Fsp3) is 0.957. The number of hydrogen-bond acceptors (Lipinski definition) is 2. The van der Waals surface area contributed by atoms with Crippen molar-refractivity contribution in [2.24, 2.45) is 52.3 Å². The number of fused-ring (bicyclic) bond motifs is 5. The van der Waals surface area contributed by atoms with Gasteiger partial charge in [-0.05, 0) is 111 Å². The van der Waals surface area contributed by atoms with Crippen LogP contribution in [0.2, 0.25) is 0 Å². The number of hydrogen-bond donors (Lipinski definition) is 1. The summed E-state index contributed by atoms with van der Waals surface area (Å²) in [5.41, 5.74) is 0.899. The zero-order valence-corrected chi connectivity index (χ0v) is 15.8. The van der Waals surface area contributed by atoms with Crippen LogP contribution in [-0.4, -0.2) is 17.0 Å². The molecule has 1 N–H and O–H groups in total. The molecule has 3 unspecified atom stereocenters. The molecule has 0 aromatic heterocycles. The Labute approximate surface area is 152 Å². The molecule has 0 aliphatic heterocycles. The molecular weight excluding hydrogens is 308 g/mol. The van der Waals surface area contributed by atoms with E-state index in [-0.39, 0.29) is 6.10 Å². The first-order chi connectivity index (χ1) is 12.0. The Morgan fingerprint density at radius 3 is 2.72 bits per heavy atom. The minimum absolute atomic E-state index is 0.0387. The molecule has 0 aromatic carbocycles. The number of ketones is 1. The average molecular weight is 343 g/mol. The van der Waals surface area contributed by atoms with Crippen molar-refractivity contribution in [2.75, 3.05) is 0 Å². The Hall–Kier alpha value is -0.370. The minimum atomic E-state index is -0.0387. The van der Waals surface area contributed by atoms with Crippen molar-refractivity contribution in [2.45, 2.75) is 83.7 Å². The van der Waals surface area contributed by atoms with Crippen LogP contribution in [0, 0.1) is 52.3 Å². The van der Waals surface area contributed by atoms with Crippen molar-refractivity contribution in [1.82, 2.24) is 0 Å². The zero-order valence-electron chi connectivity index (χ0n) is 15.8. The van der Waals surface area contributed by atoms with E-state index in [2.05, 4.69) is 6.92 Å². The van der Waals surface area contributed by atoms with Gasteiger partial charge in [0.25, 0.3) is 0 Å². The first kappa shape index (κ1) is 15.7. The molecule has 10 atom stereocenters. The number of rotatable bonds is 0. The van der Waals surface area contributed by atoms with Gasteiger partial charge in [0.05, 0.1) is 6.10 Å². The lowest BCUT2D eigenvalue weighted by Crippen LogP contribution is -2.55. The molecule has 2 nitrogen and oxygen atoms in total. The van der Waals surface area contributed by atoms with Crippen molar-refractivity contribution in [1.29, 1.82) is 0 Å². The highest BCUT2D eigenvalue weighted by atomic mass is 16.3. The van der Waals surface area contributed by atoms with Gasteiger partial charge in [0.15, 0.2) is 0 Å². The molecule has 25 heavy (non-hydrogen) atoms. The second-order valence-corrected chi connectivity index (χ2v) is 11.2. The number of aliphatic hydroxyl groups is 1. The van der Waals surface area contributed by atoms with Gasteiger partial charge in [-0.1, -0.05) is 6.92 Å². The van der Waals surface area contributed by atoms with Gasteiger partial charge >= 0.3 is 0 Å². The van der Waals surface area contributed by atoms with Gasteiger partial charge in [-0.2, -0.15) is 0 Å². The van der Waals surface area contributed by atoms with E-state index in [1.54, 1.807) is 0 Å². The summed E-state index contributed by atoms with van der Waals surface area (Å²) in [5, 5.41) is 10.2. The Kier molecular flexibility index (Phi) is 3.08. The molecule has 6 aliphatic rings. The molecule has 0 radical (unpaired) electrons. The molecule has 6 saturated carbocycles. The van der Waals surface area contributed by atoms with Crippen LogP contribution in [0.1, 0.15) is 77.6 Å². The van der Waals surface area contributed by atoms with Crippen LogP contribution in [0.5, 0.6) is 0 Å². The van der Waals surface area contributed by atoms with E-state index in [0.29, 0.717) is 28.4 Å². The van der Waals surface area contributed by atoms with Gasteiger partial charge in [-0.15, -0.1) is 0 Å². The van der Waals surface area contributed by atoms with Crippen LogP contribution in [0.25, 0.3) is 0 Å². The Bertz CT molecular complexity index is 613. The molecule has 138 valence electrons. The van der Waals surface area contributed by atoms with Crippen molar-refractivity contribution in [3.05, 3.63) is 0 Å². The smallest absolute Gasteiger partial charge is 0.139 e. The van der Waals surface area contributed by atoms with E-state index in [1.807, 2.05) is 0 Å². The van der Waals surface area contributed by atoms with Crippen LogP contribution in [0.4, 0.5) is 0 Å². The highest BCUT2D eigenvalue weighted by Gasteiger charge is 2.68. The van der Waals surface area contributed by atoms with E-state index in [9.17, 15) is 9.90 Å². The van der Waals surface area contributed by atoms with Crippen LogP contribution < -0.4 is 0 Å². The van der Waals surface area contributed by atoms with Crippen LogP contribution in [-0.2, 0) is 4.79 Å². The molecule has 6 fully saturated rings. The predicted molar refractivity (Wildman–Crippen MR) is 96.8 cm³/mol. The molecular formula is C23H34O2. The number of carbonyl (C=O) groups excluding carboxylic acids is 1. The highest BCUT2D eigenvalue weighted by molar-refractivity contribution is 5.88. The summed E-state index contributed by atoms with van der Waals surface area (Å²) in [6, 6.07) is 0. The van der Waals surface area contributed by atoms with E-state index < -0.39 is 0 Å². The standard InChI is InChI=1S/C23H34O2/c1-22-8-6-15(24)11-14(22)2-3-16-18(22)7-9-23-12-13-10-17(13)21(25)20(23)5-4-19(16)23/h13-20,24H,2-12H2,1H3/t13-,14-,15+,16?,17-,18?,19?,20+,22-,23+/m0/s1. The fourth-order valence-corrected chi connectivity index (χ4v) is 9.44. The number of carbonyl (C=O) groups is 1. The van der Waals surface area contributed by atoms with Crippen molar-refractivity contribution < 1.29 is 9.90 Å². The third-order valence-electron chi connectivity index (χ3n) is 10.6. The Morgan fingerprint density at radius 2 is 1.84 bits per heavy atom. The molecule has 0 aromatic rings. The van der Waals surface area contributed by atoms with Crippen molar-refractivity contribution >= 4 is 5.78 Å². The Balaban J connectivity index is 1.33. The summed E-state index contributed by atoms with van der Waals surface area (Å²) in [6.45, 7) is 2.58. The number of aliphatic hydroxyl groups excluding tert-OH is 1. The normalized spacial score (nSPS) is 62.2. The second kappa shape index (κ2) is 4.91. The van der Waals surface area contributed by atoms with E-state index in [0.717, 1.165) is 42.4 Å². The summed E-state index contributed by atoms with van der Waals surface area (Å²) in [6.07, 6.45) is 13.9. The molecule has 0 saturated heterocycles. The molecule has 1 spiro atoms. The van der Waals surface area contributed by atoms with Crippen LogP contribution in [0.15, 0.2) is 0 Å². The van der Waals surface area contributed by atoms with Gasteiger partial charge < -0.3 is 5.11 Å². The van der Waals surface area contributed by atoms with E-state index in [1.165, 1.54) is 57.8 Å². The lowest BCUT2D eigenvalue weighted by atomic mass is 9.43. The Morgan fingerprint density at radius 1 is 0.960 bits per heavy atom. The molecule has 6 rings (SSSR count). The molecule has 0 heterocycles. The SMILES string of the molecule is C[C@]12CC[C@@H](O)C[C@@H]1CCC1C3CC[C@@H]4C(=O)[C@H]5C[C@H]5C[C@]34CCC12. The summed E-state index contributed by atoms with van der Waals surface area (Å²) in [7, 11) is 0. The average Bonchev–Trinajstić information content (AvgIpc) is 3.25. The summed E-state index contributed by atoms with van der Waals surface area (Å²) in [5.74, 6) is 5.77. The molecule has 2 heteroatoms. The quantitative estimate of drug-likeness (QED) is 0.699. The summed E-state index contributed by atoms with van der Waals surface area (Å²) in [4.78, 5) is 13.0. The fourth-order valence-electron chi connectivity index (χ4n) is 9.44. The van der Waals surface area contributed by atoms with Crippen molar-refractivity contribution in [3.8, 4) is 0 Å². The van der Waals surface area contributed by atoms with Gasteiger partial charge in [0.1, 0.15) is 5.78 Å². The molecule has 0 bridgehead atoms. The highest BCUT2D eigenvalue weighted by Crippen LogP contribution is 2.72. The lowest BCUT2D eigenvalue weighted by molar-refractivity contribution is -0.150. The van der Waals surface area contributed by atoms with Gasteiger partial charge in [-0.25, -0.2) is 0 Å². The topological polar surface area (TPSA) is 37.3 Å². The largest absolute Gasteiger partial charge is 0.393 e. The maximum Gasteiger partial charge on any atom is 0.139 e. The molecule has 6 aliphatic carbocycles. The third-order valence-corrected chi connectivity index (χ3v) is 10.6. The van der Waals surface area contributed by atoms with Crippen molar-refractivity contribution in [3.63, 3.8) is 0 Å². The van der Waals surface area contributed by atoms with E-state index in [4.69, 9.17) is 0 Å². The lowest BCUT2D eigenvalue weighted by Gasteiger charge is -2.62. The third kappa shape index (κ3) is 1.88. The minimum Gasteiger partial charge on any atom is -0.393 e. The molecule has 0 amide bonds. The maximum atomic E-state index is 13.0. The second-order valence-electron chi connectivity index (χ2n) is 11.2. The maximum absolute atomic E-state index is 13.0. The first-order valence-electron chi connectivity index (χ1n) is 11.2. The van der Waals surface area contributed by atoms with Crippen LogP contribution >= 0.6 is 0 Å². The first-order valence-corrected chi connectivity index (χ1v) is 11.2. The van der Waals surface area contributed by atoms with Gasteiger partial charge in [0.2, 0.25) is 0 Å². The van der Waals surface area contributed by atoms with Gasteiger partial charge in [-0.3, -0.25) is 4.79 Å². The number of Topliss-reactive ketones (excluding diaryl/α,β-unsaturated/α-hetero) is 1.